The molecule has 0 atom stereocenters. The number of aliphatic imine (C=N–C) groups is 1. The van der Waals surface area contributed by atoms with Crippen LogP contribution in [0.25, 0.3) is 22.1 Å². The normalized spacial score (nSPS) is 13.8. The van der Waals surface area contributed by atoms with Crippen LogP contribution in [0, 0.1) is 5.82 Å². The Morgan fingerprint density at radius 1 is 1.20 bits per heavy atom. The Balaban J connectivity index is 1.71. The van der Waals surface area contributed by atoms with Gasteiger partial charge in [-0.2, -0.15) is 13.2 Å². The Hall–Kier alpha value is -3.56. The summed E-state index contributed by atoms with van der Waals surface area (Å²) in [4.78, 5) is 4.22. The van der Waals surface area contributed by atoms with Gasteiger partial charge in [-0.1, -0.05) is 6.07 Å². The topological polar surface area (TPSA) is 68.9 Å². The molecule has 0 saturated heterocycles. The lowest BCUT2D eigenvalue weighted by Gasteiger charge is -2.11. The minimum absolute atomic E-state index is 0.0289. The Morgan fingerprint density at radius 2 is 2.03 bits per heavy atom. The van der Waals surface area contributed by atoms with E-state index in [1.165, 1.54) is 19.2 Å². The lowest BCUT2D eigenvalue weighted by Crippen LogP contribution is -2.27. The van der Waals surface area contributed by atoms with E-state index >= 15 is 0 Å². The van der Waals surface area contributed by atoms with E-state index in [-0.39, 0.29) is 34.9 Å². The predicted octanol–water partition coefficient (Wildman–Crippen LogP) is 4.56. The molecule has 0 unspecified atom stereocenters. The van der Waals surface area contributed by atoms with Crippen molar-refractivity contribution >= 4 is 16.8 Å². The Kier molecular flexibility index (Phi) is 5.06. The molecule has 3 aromatic rings. The van der Waals surface area contributed by atoms with Crippen molar-refractivity contribution in [2.75, 3.05) is 20.3 Å². The summed E-state index contributed by atoms with van der Waals surface area (Å²) in [6, 6.07) is 5.32. The van der Waals surface area contributed by atoms with Gasteiger partial charge in [0.2, 0.25) is 5.58 Å². The maximum absolute atomic E-state index is 14.5. The Labute approximate surface area is 167 Å². The molecule has 2 heterocycles. The summed E-state index contributed by atoms with van der Waals surface area (Å²) in [7, 11) is 1.39. The lowest BCUT2D eigenvalue weighted by molar-refractivity contribution is -0.137. The summed E-state index contributed by atoms with van der Waals surface area (Å²) in [5.74, 6) is -0.0695. The van der Waals surface area contributed by atoms with Crippen molar-refractivity contribution in [1.82, 2.24) is 10.5 Å². The number of nitrogens with one attached hydrogen (secondary N) is 1. The summed E-state index contributed by atoms with van der Waals surface area (Å²) in [5, 5.41) is 7.19. The molecule has 2 aromatic carbocycles. The van der Waals surface area contributed by atoms with Crippen LogP contribution in [-0.4, -0.2) is 31.3 Å². The zero-order chi connectivity index (χ0) is 21.3. The second kappa shape index (κ2) is 7.69. The number of hydrogen-bond acceptors (Lipinski definition) is 6. The number of ether oxygens (including phenoxy) is 2. The summed E-state index contributed by atoms with van der Waals surface area (Å²) in [6.07, 6.45) is -1.06. The van der Waals surface area contributed by atoms with Gasteiger partial charge in [-0.05, 0) is 41.1 Å². The molecule has 0 amide bonds. The summed E-state index contributed by atoms with van der Waals surface area (Å²) < 4.78 is 69.2. The van der Waals surface area contributed by atoms with Gasteiger partial charge in [-0.3, -0.25) is 4.99 Å². The molecule has 1 aliphatic heterocycles. The summed E-state index contributed by atoms with van der Waals surface area (Å²) >= 11 is 0. The Morgan fingerprint density at radius 3 is 2.70 bits per heavy atom. The van der Waals surface area contributed by atoms with Crippen LogP contribution in [0.15, 0.2) is 52.1 Å². The van der Waals surface area contributed by atoms with Gasteiger partial charge in [-0.15, -0.1) is 0 Å². The van der Waals surface area contributed by atoms with E-state index in [2.05, 4.69) is 15.5 Å². The molecule has 0 fully saturated rings. The van der Waals surface area contributed by atoms with Crippen LogP contribution in [0.4, 0.5) is 17.6 Å². The van der Waals surface area contributed by atoms with Crippen LogP contribution in [0.5, 0.6) is 11.6 Å². The molecule has 1 N–H and O–H groups in total. The minimum Gasteiger partial charge on any atom is -0.493 e. The van der Waals surface area contributed by atoms with Crippen LogP contribution >= 0.6 is 0 Å². The monoisotopic (exact) mass is 421 g/mol. The zero-order valence-electron chi connectivity index (χ0n) is 15.6. The fraction of sp³-hybridized carbons (Fsp3) is 0.200. The molecule has 0 saturated carbocycles. The van der Waals surface area contributed by atoms with E-state index in [0.717, 1.165) is 12.1 Å². The highest BCUT2D eigenvalue weighted by Crippen LogP contribution is 2.39. The van der Waals surface area contributed by atoms with E-state index in [4.69, 9.17) is 14.0 Å². The van der Waals surface area contributed by atoms with Crippen molar-refractivity contribution in [3.05, 3.63) is 54.0 Å². The largest absolute Gasteiger partial charge is 0.493 e. The van der Waals surface area contributed by atoms with Crippen molar-refractivity contribution in [2.45, 2.75) is 6.18 Å². The number of nitrogens with zero attached hydrogens (tertiary/aromatic N) is 2. The number of halogens is 4. The van der Waals surface area contributed by atoms with Gasteiger partial charge in [0.1, 0.15) is 18.3 Å². The number of amidine groups is 1. The number of rotatable bonds is 5. The standard InChI is InChI=1S/C20H15F4N3O3/c1-28-16-8-11(13-4-3-12(9-15(13)21)20(22,23)24)7-14-18(16)30-27-19(14)29-10-17-25-5-2-6-26-17/h2-5,7-9H,6,10H2,1H3,(H,25,26). The second-order valence-corrected chi connectivity index (χ2v) is 6.36. The molecule has 6 nitrogen and oxygen atoms in total. The molecule has 4 rings (SSSR count). The summed E-state index contributed by atoms with van der Waals surface area (Å²) in [5.41, 5.74) is -0.545. The fourth-order valence-corrected chi connectivity index (χ4v) is 2.97. The number of fused-ring (bicyclic) bond motifs is 1. The number of aromatic nitrogens is 1. The van der Waals surface area contributed by atoms with E-state index < -0.39 is 17.6 Å². The van der Waals surface area contributed by atoms with Gasteiger partial charge < -0.3 is 19.3 Å². The fourth-order valence-electron chi connectivity index (χ4n) is 2.97. The van der Waals surface area contributed by atoms with Crippen LogP contribution in [0.1, 0.15) is 5.56 Å². The zero-order valence-corrected chi connectivity index (χ0v) is 15.6. The third-order valence-electron chi connectivity index (χ3n) is 4.43. The van der Waals surface area contributed by atoms with Crippen molar-refractivity contribution in [2.24, 2.45) is 4.99 Å². The molecule has 1 aliphatic rings. The van der Waals surface area contributed by atoms with E-state index in [9.17, 15) is 17.6 Å². The Bertz CT molecular complexity index is 1150. The lowest BCUT2D eigenvalue weighted by atomic mass is 10.0. The highest BCUT2D eigenvalue weighted by atomic mass is 19.4. The van der Waals surface area contributed by atoms with E-state index in [1.54, 1.807) is 6.20 Å². The van der Waals surface area contributed by atoms with Gasteiger partial charge in [0.25, 0.3) is 5.88 Å². The number of benzene rings is 2. The van der Waals surface area contributed by atoms with Crippen LogP contribution < -0.4 is 14.8 Å². The number of alkyl halides is 3. The molecule has 1 aromatic heterocycles. The number of methoxy groups -OCH3 is 1. The first kappa shape index (κ1) is 19.7. The van der Waals surface area contributed by atoms with E-state index in [1.807, 2.05) is 6.08 Å². The molecular formula is C20H15F4N3O3. The first-order valence-electron chi connectivity index (χ1n) is 8.79. The molecule has 156 valence electrons. The van der Waals surface area contributed by atoms with Crippen molar-refractivity contribution < 1.29 is 31.6 Å². The third kappa shape index (κ3) is 3.80. The maximum atomic E-state index is 14.5. The van der Waals surface area contributed by atoms with Crippen molar-refractivity contribution in [3.8, 4) is 22.8 Å². The van der Waals surface area contributed by atoms with Gasteiger partial charge in [0.15, 0.2) is 5.75 Å². The minimum atomic E-state index is -4.64. The highest BCUT2D eigenvalue weighted by molar-refractivity contribution is 5.92. The highest BCUT2D eigenvalue weighted by Gasteiger charge is 2.31. The number of hydrogen-bond donors (Lipinski definition) is 1. The smallest absolute Gasteiger partial charge is 0.416 e. The van der Waals surface area contributed by atoms with Crippen molar-refractivity contribution in [3.63, 3.8) is 0 Å². The van der Waals surface area contributed by atoms with E-state index in [0.29, 0.717) is 23.8 Å². The second-order valence-electron chi connectivity index (χ2n) is 6.36. The van der Waals surface area contributed by atoms with Crippen LogP contribution in [-0.2, 0) is 6.18 Å². The van der Waals surface area contributed by atoms with Gasteiger partial charge in [0.05, 0.1) is 24.6 Å². The van der Waals surface area contributed by atoms with Crippen LogP contribution in [0.2, 0.25) is 0 Å². The molecule has 0 radical (unpaired) electrons. The summed E-state index contributed by atoms with van der Waals surface area (Å²) in [6.45, 7) is 0.615. The molecule has 10 heteroatoms. The first-order valence-corrected chi connectivity index (χ1v) is 8.79. The van der Waals surface area contributed by atoms with Gasteiger partial charge in [-0.25, -0.2) is 4.39 Å². The third-order valence-corrected chi connectivity index (χ3v) is 4.43. The molecule has 30 heavy (non-hydrogen) atoms. The SMILES string of the molecule is COc1cc(-c2ccc(C(F)(F)F)cc2F)cc2c(OCC3=NCC=CN3)noc12. The molecule has 0 spiro atoms. The predicted molar refractivity (Wildman–Crippen MR) is 101 cm³/mol. The van der Waals surface area contributed by atoms with Gasteiger partial charge >= 0.3 is 6.18 Å². The molecule has 0 bridgehead atoms. The first-order chi connectivity index (χ1) is 14.4. The average molecular weight is 421 g/mol. The quantitative estimate of drug-likeness (QED) is 0.612. The maximum Gasteiger partial charge on any atom is 0.416 e. The van der Waals surface area contributed by atoms with Gasteiger partial charge in [0, 0.05) is 11.8 Å². The van der Waals surface area contributed by atoms with Crippen LogP contribution in [0.3, 0.4) is 0 Å². The molecule has 0 aliphatic carbocycles. The van der Waals surface area contributed by atoms with Crippen molar-refractivity contribution in [1.29, 1.82) is 0 Å². The average Bonchev–Trinajstić information content (AvgIpc) is 3.14. The molecular weight excluding hydrogens is 406 g/mol.